The van der Waals surface area contributed by atoms with Crippen LogP contribution in [0.5, 0.6) is 0 Å². The van der Waals surface area contributed by atoms with E-state index in [0.29, 0.717) is 0 Å². The average molecular weight is 252 g/mol. The van der Waals surface area contributed by atoms with E-state index < -0.39 is 25.6 Å². The first-order chi connectivity index (χ1) is 5.58. The molecule has 0 radical (unpaired) electrons. The van der Waals surface area contributed by atoms with Crippen molar-refractivity contribution >= 4 is 30.1 Å². The Morgan fingerprint density at radius 1 is 1.25 bits per heavy atom. The van der Waals surface area contributed by atoms with Crippen LogP contribution in [-0.4, -0.2) is 23.7 Å². The quantitative estimate of drug-likeness (QED) is 0.712. The van der Waals surface area contributed by atoms with Gasteiger partial charge in [0.05, 0.1) is 0 Å². The number of hydrogen-bond acceptors (Lipinski definition) is 3. The van der Waals surface area contributed by atoms with E-state index in [4.69, 9.17) is 0 Å². The van der Waals surface area contributed by atoms with Crippen molar-refractivity contribution in [2.24, 2.45) is 5.14 Å². The second kappa shape index (κ2) is 4.02. The van der Waals surface area contributed by atoms with E-state index in [1.807, 2.05) is 18.2 Å². The Morgan fingerprint density at radius 3 is 2.33 bits per heavy atom. The zero-order valence-corrected chi connectivity index (χ0v) is 8.53. The summed E-state index contributed by atoms with van der Waals surface area (Å²) in [6.45, 7) is 0. The van der Waals surface area contributed by atoms with Crippen LogP contribution in [0.3, 0.4) is 0 Å². The first kappa shape index (κ1) is 9.70. The summed E-state index contributed by atoms with van der Waals surface area (Å²) in [6.07, 6.45) is 0. The van der Waals surface area contributed by atoms with Gasteiger partial charge in [0, 0.05) is 0 Å². The standard InChI is InChI=1S/C6H7NO3SSe/c7-11(8,9)10-12-6-4-2-1-3-5-6/h1-5H,(H2,7,8,9). The fourth-order valence-electron chi connectivity index (χ4n) is 0.563. The second-order valence-corrected chi connectivity index (χ2v) is 5.27. The molecule has 6 heteroatoms. The molecule has 0 aliphatic carbocycles. The van der Waals surface area contributed by atoms with Crippen molar-refractivity contribution in [3.05, 3.63) is 30.3 Å². The van der Waals surface area contributed by atoms with Gasteiger partial charge in [-0.15, -0.1) is 0 Å². The van der Waals surface area contributed by atoms with Crippen LogP contribution in [0, 0.1) is 0 Å². The van der Waals surface area contributed by atoms with Crippen molar-refractivity contribution in [2.45, 2.75) is 0 Å². The molecular formula is C6H7NO3SSe. The fourth-order valence-corrected chi connectivity index (χ4v) is 2.39. The maximum absolute atomic E-state index is 10.4. The zero-order valence-electron chi connectivity index (χ0n) is 6.01. The fraction of sp³-hybridized carbons (Fsp3) is 0. The third-order valence-corrected chi connectivity index (χ3v) is 3.82. The third-order valence-electron chi connectivity index (χ3n) is 0.968. The minimum atomic E-state index is -3.79. The van der Waals surface area contributed by atoms with Gasteiger partial charge in [-0.3, -0.25) is 0 Å². The molecule has 0 aromatic heterocycles. The van der Waals surface area contributed by atoms with Crippen molar-refractivity contribution in [2.75, 3.05) is 0 Å². The SMILES string of the molecule is NS(=O)(=O)O[Se]c1ccccc1. The van der Waals surface area contributed by atoms with Gasteiger partial charge in [-0.1, -0.05) is 0 Å². The Morgan fingerprint density at radius 2 is 1.83 bits per heavy atom. The maximum atomic E-state index is 10.4. The molecule has 0 amide bonds. The van der Waals surface area contributed by atoms with Crippen LogP contribution < -0.4 is 9.60 Å². The molecule has 0 heterocycles. The van der Waals surface area contributed by atoms with Crippen LogP contribution in [0.15, 0.2) is 30.3 Å². The molecule has 0 spiro atoms. The number of benzene rings is 1. The van der Waals surface area contributed by atoms with Gasteiger partial charge in [0.1, 0.15) is 0 Å². The molecule has 1 aromatic carbocycles. The Balaban J connectivity index is 2.56. The summed E-state index contributed by atoms with van der Waals surface area (Å²) in [6, 6.07) is 9.03. The van der Waals surface area contributed by atoms with Crippen molar-refractivity contribution in [3.63, 3.8) is 0 Å². The molecular weight excluding hydrogens is 245 g/mol. The van der Waals surface area contributed by atoms with Crippen LogP contribution in [0.4, 0.5) is 0 Å². The van der Waals surface area contributed by atoms with Crippen molar-refractivity contribution in [1.29, 1.82) is 0 Å². The van der Waals surface area contributed by atoms with E-state index >= 15 is 0 Å². The third kappa shape index (κ3) is 3.85. The van der Waals surface area contributed by atoms with Gasteiger partial charge < -0.3 is 0 Å². The summed E-state index contributed by atoms with van der Waals surface area (Å²) in [5.41, 5.74) is 0. The molecule has 66 valence electrons. The number of hydrogen-bond donors (Lipinski definition) is 1. The van der Waals surface area contributed by atoms with Crippen LogP contribution in [0.1, 0.15) is 0 Å². The molecule has 0 unspecified atom stereocenters. The summed E-state index contributed by atoms with van der Waals surface area (Å²) in [7, 11) is -3.79. The van der Waals surface area contributed by atoms with Gasteiger partial charge in [-0.05, 0) is 0 Å². The molecule has 12 heavy (non-hydrogen) atoms. The Bertz CT molecular complexity index is 337. The number of rotatable bonds is 3. The van der Waals surface area contributed by atoms with E-state index in [1.54, 1.807) is 12.1 Å². The first-order valence-corrected chi connectivity index (χ1v) is 6.04. The molecule has 2 N–H and O–H groups in total. The molecule has 0 bridgehead atoms. The van der Waals surface area contributed by atoms with E-state index in [9.17, 15) is 8.42 Å². The minimum absolute atomic E-state index is 0.561. The summed E-state index contributed by atoms with van der Waals surface area (Å²) < 4.78 is 26.0. The Kier molecular flexibility index (Phi) is 3.25. The van der Waals surface area contributed by atoms with Crippen LogP contribution in [0.2, 0.25) is 0 Å². The van der Waals surface area contributed by atoms with Gasteiger partial charge in [0.15, 0.2) is 0 Å². The van der Waals surface area contributed by atoms with Crippen LogP contribution >= 0.6 is 0 Å². The van der Waals surface area contributed by atoms with Gasteiger partial charge in [0.2, 0.25) is 0 Å². The van der Waals surface area contributed by atoms with Crippen LogP contribution in [-0.2, 0) is 13.6 Å². The Hall–Kier alpha value is -0.391. The van der Waals surface area contributed by atoms with E-state index in [1.165, 1.54) is 0 Å². The molecule has 1 aromatic rings. The summed E-state index contributed by atoms with van der Waals surface area (Å²) in [4.78, 5) is 0. The molecule has 0 aliphatic heterocycles. The number of nitrogens with two attached hydrogens (primary N) is 1. The second-order valence-electron chi connectivity index (χ2n) is 1.96. The monoisotopic (exact) mass is 253 g/mol. The van der Waals surface area contributed by atoms with Gasteiger partial charge in [0.25, 0.3) is 0 Å². The van der Waals surface area contributed by atoms with Gasteiger partial charge in [-0.25, -0.2) is 0 Å². The molecule has 1 rings (SSSR count). The van der Waals surface area contributed by atoms with E-state index in [0.717, 1.165) is 4.46 Å². The van der Waals surface area contributed by atoms with Crippen molar-refractivity contribution in [3.8, 4) is 0 Å². The van der Waals surface area contributed by atoms with Crippen molar-refractivity contribution < 1.29 is 11.7 Å². The van der Waals surface area contributed by atoms with Crippen molar-refractivity contribution in [1.82, 2.24) is 0 Å². The molecule has 0 fully saturated rings. The first-order valence-electron chi connectivity index (χ1n) is 3.02. The normalized spacial score (nSPS) is 11.4. The molecule has 0 saturated carbocycles. The average Bonchev–Trinajstić information content (AvgIpc) is 2.02. The molecule has 4 nitrogen and oxygen atoms in total. The van der Waals surface area contributed by atoms with Crippen LogP contribution in [0.25, 0.3) is 0 Å². The van der Waals surface area contributed by atoms with Gasteiger partial charge >= 0.3 is 77.2 Å². The molecule has 0 aliphatic rings. The van der Waals surface area contributed by atoms with Gasteiger partial charge in [-0.2, -0.15) is 0 Å². The van der Waals surface area contributed by atoms with E-state index in [-0.39, 0.29) is 0 Å². The van der Waals surface area contributed by atoms with E-state index in [2.05, 4.69) is 8.40 Å². The molecule has 0 atom stereocenters. The predicted octanol–water partition coefficient (Wildman–Crippen LogP) is -0.849. The zero-order chi connectivity index (χ0) is 9.03. The Labute approximate surface area is 77.5 Å². The summed E-state index contributed by atoms with van der Waals surface area (Å²) >= 11 is -0.561. The summed E-state index contributed by atoms with van der Waals surface area (Å²) in [5, 5.41) is 4.65. The molecule has 0 saturated heterocycles. The summed E-state index contributed by atoms with van der Waals surface area (Å²) in [5.74, 6) is 0. The topological polar surface area (TPSA) is 69.4 Å². The predicted molar refractivity (Wildman–Crippen MR) is 46.0 cm³/mol.